The molecule has 0 bridgehead atoms. The van der Waals surface area contributed by atoms with Gasteiger partial charge < -0.3 is 15.2 Å². The van der Waals surface area contributed by atoms with Crippen molar-refractivity contribution < 1.29 is 14.6 Å². The highest BCUT2D eigenvalue weighted by molar-refractivity contribution is 7.07. The van der Waals surface area contributed by atoms with Crippen LogP contribution in [0.1, 0.15) is 32.3 Å². The average molecular weight is 401 g/mol. The molecule has 0 spiro atoms. The topological polar surface area (TPSA) is 104 Å². The number of carbonyl (C=O) groups is 1. The largest absolute Gasteiger partial charge is 0.508 e. The van der Waals surface area contributed by atoms with Crippen LogP contribution in [0.2, 0.25) is 0 Å². The number of phenolic OH excluding ortho intramolecular Hbond substituents is 1. The lowest BCUT2D eigenvalue weighted by Gasteiger charge is -2.03. The van der Waals surface area contributed by atoms with E-state index in [1.165, 1.54) is 4.57 Å². The third-order valence-corrected chi connectivity index (χ3v) is 5.15. The third-order valence-electron chi connectivity index (χ3n) is 4.01. The first-order chi connectivity index (χ1) is 13.4. The molecule has 0 radical (unpaired) electrons. The van der Waals surface area contributed by atoms with Gasteiger partial charge in [0.15, 0.2) is 5.57 Å². The summed E-state index contributed by atoms with van der Waals surface area (Å²) in [7, 11) is 0. The second-order valence-corrected chi connectivity index (χ2v) is 7.11. The van der Waals surface area contributed by atoms with Gasteiger partial charge in [-0.15, -0.1) is 11.3 Å². The second kappa shape index (κ2) is 9.76. The Balaban J connectivity index is 2.58. The molecule has 2 N–H and O–H groups in total. The molecule has 28 heavy (non-hydrogen) atoms. The van der Waals surface area contributed by atoms with E-state index in [-0.39, 0.29) is 23.5 Å². The Bertz CT molecular complexity index is 1080. The average Bonchev–Trinajstić information content (AvgIpc) is 2.97. The van der Waals surface area contributed by atoms with Crippen molar-refractivity contribution in [3.05, 3.63) is 43.3 Å². The monoisotopic (exact) mass is 401 g/mol. The van der Waals surface area contributed by atoms with Crippen molar-refractivity contribution in [1.82, 2.24) is 4.57 Å². The van der Waals surface area contributed by atoms with E-state index >= 15 is 0 Å². The van der Waals surface area contributed by atoms with Crippen LogP contribution >= 0.6 is 11.3 Å². The van der Waals surface area contributed by atoms with Crippen molar-refractivity contribution in [2.75, 3.05) is 11.9 Å². The van der Waals surface area contributed by atoms with Crippen LogP contribution < -0.4 is 20.1 Å². The van der Waals surface area contributed by atoms with Crippen LogP contribution in [0, 0.1) is 18.3 Å². The Morgan fingerprint density at radius 2 is 2.18 bits per heavy atom. The summed E-state index contributed by atoms with van der Waals surface area (Å²) in [5.41, 5.74) is 0.973. The van der Waals surface area contributed by atoms with Gasteiger partial charge in [-0.1, -0.05) is 13.3 Å². The summed E-state index contributed by atoms with van der Waals surface area (Å²) in [6, 6.07) is 6.88. The number of anilines is 1. The van der Waals surface area contributed by atoms with E-state index in [0.717, 1.165) is 24.2 Å². The van der Waals surface area contributed by atoms with Crippen LogP contribution in [0.25, 0.3) is 11.8 Å². The summed E-state index contributed by atoms with van der Waals surface area (Å²) in [4.78, 5) is 25.0. The fourth-order valence-corrected chi connectivity index (χ4v) is 3.54. The van der Waals surface area contributed by atoms with Crippen LogP contribution in [0.4, 0.5) is 5.69 Å². The first kappa shape index (κ1) is 21.3. The van der Waals surface area contributed by atoms with E-state index in [0.29, 0.717) is 27.0 Å². The standard InChI is InChI=1S/C20H23N3O4S/c1-4-6-9-23-18(25)17(12-22-14-7-8-16(24)13(3)10-14)28-19(23)15(11-21)20(26)27-5-2/h7-8,10,12,22,24H,4-6,9H2,1-3H3/b17-12+,19-15-. The zero-order valence-electron chi connectivity index (χ0n) is 16.1. The Labute approximate surface area is 166 Å². The molecule has 0 aliphatic rings. The molecule has 0 fully saturated rings. The number of benzene rings is 1. The highest BCUT2D eigenvalue weighted by Gasteiger charge is 2.16. The maximum absolute atomic E-state index is 12.8. The van der Waals surface area contributed by atoms with E-state index in [9.17, 15) is 20.0 Å². The number of carbonyl (C=O) groups excluding carboxylic acids is 1. The number of nitrogens with zero attached hydrogens (tertiary/aromatic N) is 2. The summed E-state index contributed by atoms with van der Waals surface area (Å²) in [5, 5.41) is 22.1. The number of hydrogen-bond donors (Lipinski definition) is 2. The molecule has 1 aromatic carbocycles. The predicted octanol–water partition coefficient (Wildman–Crippen LogP) is 1.81. The molecule has 1 heterocycles. The molecule has 0 saturated carbocycles. The lowest BCUT2D eigenvalue weighted by molar-refractivity contribution is -0.136. The lowest BCUT2D eigenvalue weighted by atomic mass is 10.2. The zero-order chi connectivity index (χ0) is 20.7. The maximum Gasteiger partial charge on any atom is 0.351 e. The number of rotatable bonds is 7. The van der Waals surface area contributed by atoms with Gasteiger partial charge in [-0.25, -0.2) is 4.79 Å². The number of esters is 1. The molecular formula is C20H23N3O4S. The van der Waals surface area contributed by atoms with Crippen molar-refractivity contribution in [2.45, 2.75) is 40.2 Å². The van der Waals surface area contributed by atoms with Crippen molar-refractivity contribution in [1.29, 1.82) is 5.26 Å². The van der Waals surface area contributed by atoms with Crippen molar-refractivity contribution in [3.8, 4) is 11.8 Å². The van der Waals surface area contributed by atoms with Gasteiger partial charge >= 0.3 is 5.97 Å². The zero-order valence-corrected chi connectivity index (χ0v) is 16.9. The fraction of sp³-hybridized carbons (Fsp3) is 0.350. The molecule has 0 amide bonds. The van der Waals surface area contributed by atoms with Gasteiger partial charge in [0.05, 0.1) is 6.61 Å². The SMILES string of the molecule is CCCCn1c(=O)/c(=C\Nc2ccc(O)c(C)c2)s/c1=C(/C#N)C(=O)OCC. The molecular weight excluding hydrogens is 378 g/mol. The number of aryl methyl sites for hydroxylation is 1. The molecule has 0 unspecified atom stereocenters. The molecule has 148 valence electrons. The van der Waals surface area contributed by atoms with Crippen LogP contribution in [-0.2, 0) is 16.1 Å². The van der Waals surface area contributed by atoms with Crippen LogP contribution in [0.3, 0.4) is 0 Å². The number of ether oxygens (including phenoxy) is 1. The van der Waals surface area contributed by atoms with E-state index in [1.807, 2.05) is 13.0 Å². The number of aromatic nitrogens is 1. The van der Waals surface area contributed by atoms with E-state index < -0.39 is 5.97 Å². The van der Waals surface area contributed by atoms with E-state index in [1.54, 1.807) is 38.2 Å². The van der Waals surface area contributed by atoms with Gasteiger partial charge in [0.2, 0.25) is 0 Å². The minimum atomic E-state index is -0.731. The minimum Gasteiger partial charge on any atom is -0.508 e. The maximum atomic E-state index is 12.8. The van der Waals surface area contributed by atoms with Crippen molar-refractivity contribution >= 4 is 34.8 Å². The van der Waals surface area contributed by atoms with Gasteiger partial charge in [0.25, 0.3) is 5.56 Å². The first-order valence-corrected chi connectivity index (χ1v) is 9.82. The summed E-state index contributed by atoms with van der Waals surface area (Å²) in [6.07, 6.45) is 3.16. The van der Waals surface area contributed by atoms with Gasteiger partial charge in [-0.2, -0.15) is 5.26 Å². The Morgan fingerprint density at radius 1 is 1.43 bits per heavy atom. The Kier molecular flexibility index (Phi) is 7.41. The van der Waals surface area contributed by atoms with Gasteiger partial charge in [0.1, 0.15) is 21.0 Å². The molecule has 7 nitrogen and oxygen atoms in total. The number of thiazole rings is 1. The number of hydrogen-bond acceptors (Lipinski definition) is 7. The van der Waals surface area contributed by atoms with Crippen LogP contribution in [-0.4, -0.2) is 22.2 Å². The van der Waals surface area contributed by atoms with Crippen molar-refractivity contribution in [2.24, 2.45) is 0 Å². The molecule has 2 rings (SSSR count). The lowest BCUT2D eigenvalue weighted by Crippen LogP contribution is -2.33. The molecule has 0 atom stereocenters. The molecule has 2 aromatic rings. The van der Waals surface area contributed by atoms with Gasteiger partial charge in [-0.05, 0) is 44.0 Å². The van der Waals surface area contributed by atoms with Gasteiger partial charge in [-0.3, -0.25) is 9.36 Å². The first-order valence-electron chi connectivity index (χ1n) is 9.00. The van der Waals surface area contributed by atoms with Crippen LogP contribution in [0.15, 0.2) is 23.0 Å². The summed E-state index contributed by atoms with van der Waals surface area (Å²) in [6.45, 7) is 6.00. The normalized spacial score (nSPS) is 12.4. The number of unbranched alkanes of at least 4 members (excludes halogenated alkanes) is 1. The van der Waals surface area contributed by atoms with Crippen molar-refractivity contribution in [3.63, 3.8) is 0 Å². The highest BCUT2D eigenvalue weighted by atomic mass is 32.1. The second-order valence-electron chi connectivity index (χ2n) is 6.08. The number of nitriles is 1. The van der Waals surface area contributed by atoms with E-state index in [4.69, 9.17) is 4.74 Å². The fourth-order valence-electron chi connectivity index (χ4n) is 2.50. The summed E-state index contributed by atoms with van der Waals surface area (Å²) < 4.78 is 7.08. The van der Waals surface area contributed by atoms with E-state index in [2.05, 4.69) is 5.32 Å². The minimum absolute atomic E-state index is 0.148. The molecule has 0 aliphatic carbocycles. The summed E-state index contributed by atoms with van der Waals surface area (Å²) in [5.74, 6) is -0.543. The number of nitrogens with one attached hydrogen (secondary N) is 1. The summed E-state index contributed by atoms with van der Waals surface area (Å²) >= 11 is 1.07. The molecule has 1 aromatic heterocycles. The predicted molar refractivity (Wildman–Crippen MR) is 109 cm³/mol. The van der Waals surface area contributed by atoms with Gasteiger partial charge in [0, 0.05) is 18.4 Å². The molecule has 0 aliphatic heterocycles. The quantitative estimate of drug-likeness (QED) is 0.542. The van der Waals surface area contributed by atoms with Crippen LogP contribution in [0.5, 0.6) is 5.75 Å². The smallest absolute Gasteiger partial charge is 0.351 e. The number of phenols is 1. The molecule has 8 heteroatoms. The Hall–Kier alpha value is -3.05. The highest BCUT2D eigenvalue weighted by Crippen LogP contribution is 2.19. The molecule has 0 saturated heterocycles. The Morgan fingerprint density at radius 3 is 2.79 bits per heavy atom. The third kappa shape index (κ3) is 4.81. The number of aromatic hydroxyl groups is 1.